The molecule has 0 aliphatic carbocycles. The number of carbonyl (C=O) groups excluding carboxylic acids is 1. The molecule has 0 saturated carbocycles. The number of carbonyl (C=O) groups is 1. The fraction of sp³-hybridized carbons (Fsp3) is 0.533. The van der Waals surface area contributed by atoms with Crippen molar-refractivity contribution in [3.63, 3.8) is 0 Å². The van der Waals surface area contributed by atoms with E-state index in [1.807, 2.05) is 24.3 Å². The lowest BCUT2D eigenvalue weighted by molar-refractivity contribution is -0.0757. The first-order chi connectivity index (χ1) is 8.99. The molecular formula is C15H24N2O2. The van der Waals surface area contributed by atoms with Gasteiger partial charge in [-0.2, -0.15) is 0 Å². The first-order valence-electron chi connectivity index (χ1n) is 6.64. The maximum Gasteiger partial charge on any atom is 0.277 e. The Morgan fingerprint density at radius 1 is 1.26 bits per heavy atom. The van der Waals surface area contributed by atoms with Gasteiger partial charge in [0, 0.05) is 25.2 Å². The van der Waals surface area contributed by atoms with E-state index in [9.17, 15) is 4.79 Å². The van der Waals surface area contributed by atoms with Crippen LogP contribution in [0, 0.1) is 0 Å². The van der Waals surface area contributed by atoms with Crippen molar-refractivity contribution in [1.82, 2.24) is 9.96 Å². The van der Waals surface area contributed by atoms with Crippen molar-refractivity contribution in [1.29, 1.82) is 0 Å². The topological polar surface area (TPSA) is 32.8 Å². The second-order valence-corrected chi connectivity index (χ2v) is 4.84. The molecule has 0 spiro atoms. The predicted octanol–water partition coefficient (Wildman–Crippen LogP) is 2.55. The van der Waals surface area contributed by atoms with E-state index in [1.54, 1.807) is 7.05 Å². The Labute approximate surface area is 115 Å². The van der Waals surface area contributed by atoms with Gasteiger partial charge >= 0.3 is 0 Å². The highest BCUT2D eigenvalue weighted by atomic mass is 16.7. The van der Waals surface area contributed by atoms with Gasteiger partial charge in [0.1, 0.15) is 0 Å². The number of benzene rings is 1. The minimum atomic E-state index is -0.134. The summed E-state index contributed by atoms with van der Waals surface area (Å²) in [6.45, 7) is 8.46. The molecule has 0 unspecified atom stereocenters. The highest BCUT2D eigenvalue weighted by Crippen LogP contribution is 2.11. The molecule has 1 rings (SSSR count). The molecule has 0 atom stereocenters. The fourth-order valence-electron chi connectivity index (χ4n) is 1.91. The molecule has 1 aromatic carbocycles. The predicted molar refractivity (Wildman–Crippen MR) is 76.8 cm³/mol. The van der Waals surface area contributed by atoms with Crippen molar-refractivity contribution in [2.75, 3.05) is 20.7 Å². The maximum atomic E-state index is 11.9. The van der Waals surface area contributed by atoms with Gasteiger partial charge in [-0.1, -0.05) is 19.1 Å². The SMILES string of the molecule is CCN(Cc1ccc(C(=O)N(C)OC)cc1)C(C)C. The van der Waals surface area contributed by atoms with Crippen LogP contribution in [0.2, 0.25) is 0 Å². The highest BCUT2D eigenvalue weighted by Gasteiger charge is 2.12. The molecule has 0 N–H and O–H groups in total. The number of nitrogens with zero attached hydrogens (tertiary/aromatic N) is 2. The third-order valence-electron chi connectivity index (χ3n) is 3.28. The van der Waals surface area contributed by atoms with Gasteiger partial charge in [0.05, 0.1) is 7.11 Å². The van der Waals surface area contributed by atoms with E-state index in [-0.39, 0.29) is 5.91 Å². The second kappa shape index (κ2) is 7.26. The first-order valence-corrected chi connectivity index (χ1v) is 6.64. The summed E-state index contributed by atoms with van der Waals surface area (Å²) in [5.74, 6) is -0.134. The van der Waals surface area contributed by atoms with E-state index in [0.29, 0.717) is 11.6 Å². The molecule has 0 aliphatic rings. The lowest BCUT2D eigenvalue weighted by Gasteiger charge is -2.24. The Kier molecular flexibility index (Phi) is 5.99. The van der Waals surface area contributed by atoms with Crippen LogP contribution in [0.15, 0.2) is 24.3 Å². The Morgan fingerprint density at radius 2 is 1.84 bits per heavy atom. The molecule has 1 amide bonds. The quantitative estimate of drug-likeness (QED) is 0.740. The lowest BCUT2D eigenvalue weighted by atomic mass is 10.1. The van der Waals surface area contributed by atoms with Gasteiger partial charge in [-0.05, 0) is 38.1 Å². The monoisotopic (exact) mass is 264 g/mol. The summed E-state index contributed by atoms with van der Waals surface area (Å²) in [5.41, 5.74) is 1.85. The second-order valence-electron chi connectivity index (χ2n) is 4.84. The van der Waals surface area contributed by atoms with E-state index in [4.69, 9.17) is 4.84 Å². The van der Waals surface area contributed by atoms with Crippen LogP contribution in [-0.2, 0) is 11.4 Å². The van der Waals surface area contributed by atoms with E-state index in [0.717, 1.165) is 13.1 Å². The molecule has 106 valence electrons. The average Bonchev–Trinajstić information content (AvgIpc) is 2.43. The van der Waals surface area contributed by atoms with Crippen LogP contribution in [-0.4, -0.2) is 42.6 Å². The normalized spacial score (nSPS) is 11.1. The molecule has 19 heavy (non-hydrogen) atoms. The van der Waals surface area contributed by atoms with Crippen LogP contribution in [0.4, 0.5) is 0 Å². The third-order valence-corrected chi connectivity index (χ3v) is 3.28. The zero-order valence-corrected chi connectivity index (χ0v) is 12.5. The Hall–Kier alpha value is -1.39. The Balaban J connectivity index is 2.74. The molecule has 4 heteroatoms. The summed E-state index contributed by atoms with van der Waals surface area (Å²) >= 11 is 0. The molecule has 0 heterocycles. The van der Waals surface area contributed by atoms with E-state index in [1.165, 1.54) is 17.7 Å². The summed E-state index contributed by atoms with van der Waals surface area (Å²) in [4.78, 5) is 19.1. The summed E-state index contributed by atoms with van der Waals surface area (Å²) in [6.07, 6.45) is 0. The van der Waals surface area contributed by atoms with Crippen molar-refractivity contribution in [3.05, 3.63) is 35.4 Å². The highest BCUT2D eigenvalue weighted by molar-refractivity contribution is 5.93. The Morgan fingerprint density at radius 3 is 2.26 bits per heavy atom. The zero-order chi connectivity index (χ0) is 14.4. The molecular weight excluding hydrogens is 240 g/mol. The largest absolute Gasteiger partial charge is 0.297 e. The molecule has 0 saturated heterocycles. The van der Waals surface area contributed by atoms with Crippen LogP contribution in [0.5, 0.6) is 0 Å². The van der Waals surface area contributed by atoms with E-state index < -0.39 is 0 Å². The molecule has 0 radical (unpaired) electrons. The first kappa shape index (κ1) is 15.7. The standard InChI is InChI=1S/C15H24N2O2/c1-6-17(12(2)3)11-13-7-9-14(10-8-13)15(18)16(4)19-5/h7-10,12H,6,11H2,1-5H3. The van der Waals surface area contributed by atoms with Crippen molar-refractivity contribution >= 4 is 5.91 Å². The van der Waals surface area contributed by atoms with Crippen LogP contribution in [0.1, 0.15) is 36.7 Å². The van der Waals surface area contributed by atoms with Crippen LogP contribution >= 0.6 is 0 Å². The van der Waals surface area contributed by atoms with Crippen LogP contribution in [0.3, 0.4) is 0 Å². The van der Waals surface area contributed by atoms with Gasteiger partial charge in [0.2, 0.25) is 0 Å². The fourth-order valence-corrected chi connectivity index (χ4v) is 1.91. The summed E-state index contributed by atoms with van der Waals surface area (Å²) in [7, 11) is 3.09. The minimum Gasteiger partial charge on any atom is -0.297 e. The van der Waals surface area contributed by atoms with Crippen molar-refractivity contribution in [2.24, 2.45) is 0 Å². The molecule has 0 aliphatic heterocycles. The van der Waals surface area contributed by atoms with Crippen molar-refractivity contribution in [2.45, 2.75) is 33.4 Å². The molecule has 1 aromatic rings. The number of hydrogen-bond acceptors (Lipinski definition) is 3. The number of hydroxylamine groups is 2. The third kappa shape index (κ3) is 4.33. The van der Waals surface area contributed by atoms with Gasteiger partial charge in [0.25, 0.3) is 5.91 Å². The minimum absolute atomic E-state index is 0.134. The summed E-state index contributed by atoms with van der Waals surface area (Å²) in [5, 5.41) is 1.22. The number of rotatable bonds is 6. The molecule has 4 nitrogen and oxygen atoms in total. The van der Waals surface area contributed by atoms with Gasteiger partial charge in [-0.15, -0.1) is 0 Å². The van der Waals surface area contributed by atoms with Gasteiger partial charge in [-0.25, -0.2) is 5.06 Å². The maximum absolute atomic E-state index is 11.9. The smallest absolute Gasteiger partial charge is 0.277 e. The average molecular weight is 264 g/mol. The van der Waals surface area contributed by atoms with Gasteiger partial charge < -0.3 is 0 Å². The van der Waals surface area contributed by atoms with Gasteiger partial charge in [-0.3, -0.25) is 14.5 Å². The lowest BCUT2D eigenvalue weighted by Crippen LogP contribution is -2.30. The molecule has 0 aromatic heterocycles. The summed E-state index contributed by atoms with van der Waals surface area (Å²) < 4.78 is 0. The Bertz CT molecular complexity index is 401. The van der Waals surface area contributed by atoms with Crippen LogP contribution in [0.25, 0.3) is 0 Å². The van der Waals surface area contributed by atoms with Crippen molar-refractivity contribution < 1.29 is 9.63 Å². The van der Waals surface area contributed by atoms with E-state index in [2.05, 4.69) is 25.7 Å². The van der Waals surface area contributed by atoms with Gasteiger partial charge in [0.15, 0.2) is 0 Å². The molecule has 0 fully saturated rings. The molecule has 0 bridgehead atoms. The van der Waals surface area contributed by atoms with Crippen LogP contribution < -0.4 is 0 Å². The summed E-state index contributed by atoms with van der Waals surface area (Å²) in [6, 6.07) is 8.22. The number of amides is 1. The number of hydrogen-bond donors (Lipinski definition) is 0. The van der Waals surface area contributed by atoms with Crippen molar-refractivity contribution in [3.8, 4) is 0 Å². The zero-order valence-electron chi connectivity index (χ0n) is 12.5. The van der Waals surface area contributed by atoms with E-state index >= 15 is 0 Å².